The summed E-state index contributed by atoms with van der Waals surface area (Å²) >= 11 is 0. The molecule has 4 nitrogen and oxygen atoms in total. The quantitative estimate of drug-likeness (QED) is 0.775. The van der Waals surface area contributed by atoms with E-state index in [1.54, 1.807) is 6.07 Å². The summed E-state index contributed by atoms with van der Waals surface area (Å²) in [6.07, 6.45) is 2.74. The number of ether oxygens (including phenoxy) is 1. The number of fused-ring (bicyclic) bond motifs is 2. The Morgan fingerprint density at radius 3 is 2.78 bits per heavy atom. The Bertz CT molecular complexity index is 882. The zero-order valence-electron chi connectivity index (χ0n) is 15.9. The number of rotatable bonds is 5. The third-order valence-electron chi connectivity index (χ3n) is 5.97. The number of hydrogen-bond donors (Lipinski definition) is 2. The van der Waals surface area contributed by atoms with Gasteiger partial charge in [-0.3, -0.25) is 4.90 Å². The highest BCUT2D eigenvalue weighted by atomic mass is 19.1. The van der Waals surface area contributed by atoms with E-state index < -0.39 is 6.67 Å². The van der Waals surface area contributed by atoms with E-state index in [1.165, 1.54) is 11.1 Å². The number of phenols is 2. The predicted molar refractivity (Wildman–Crippen MR) is 103 cm³/mol. The minimum atomic E-state index is -0.545. The fraction of sp³-hybridized carbons (Fsp3) is 0.455. The predicted octanol–water partition coefficient (Wildman–Crippen LogP) is 4.15. The molecule has 1 aliphatic heterocycles. The summed E-state index contributed by atoms with van der Waals surface area (Å²) < 4.78 is 18.2. The average Bonchev–Trinajstić information content (AvgIpc) is 2.65. The van der Waals surface area contributed by atoms with Crippen LogP contribution in [0.15, 0.2) is 24.3 Å². The van der Waals surface area contributed by atoms with Crippen molar-refractivity contribution in [2.24, 2.45) is 0 Å². The third kappa shape index (κ3) is 2.76. The Balaban J connectivity index is 1.97. The van der Waals surface area contributed by atoms with Gasteiger partial charge in [0.05, 0.1) is 0 Å². The number of alkyl halides is 1. The van der Waals surface area contributed by atoms with E-state index >= 15 is 0 Å². The molecule has 0 saturated carbocycles. The summed E-state index contributed by atoms with van der Waals surface area (Å²) in [5.74, 6) is 0.401. The smallest absolute Gasteiger partial charge is 0.165 e. The van der Waals surface area contributed by atoms with E-state index in [0.717, 1.165) is 43.5 Å². The molecule has 0 saturated heterocycles. The highest BCUT2D eigenvalue weighted by Crippen LogP contribution is 2.53. The summed E-state index contributed by atoms with van der Waals surface area (Å²) in [7, 11) is 0. The summed E-state index contributed by atoms with van der Waals surface area (Å²) in [5, 5.41) is 20.7. The van der Waals surface area contributed by atoms with Crippen molar-refractivity contribution >= 4 is 0 Å². The molecule has 0 radical (unpaired) electrons. The maximum atomic E-state index is 12.6. The molecule has 0 bridgehead atoms. The first-order valence-electron chi connectivity index (χ1n) is 9.65. The van der Waals surface area contributed by atoms with Gasteiger partial charge in [0.15, 0.2) is 11.5 Å². The molecule has 1 heterocycles. The van der Waals surface area contributed by atoms with Crippen LogP contribution in [-0.4, -0.2) is 41.5 Å². The lowest BCUT2D eigenvalue weighted by atomic mass is 9.69. The standard InChI is InChI=1S/C22H26FNO3/c1-3-8-24-9-6-14-11-16(27-10-7-23)12-17-19-15(4-5-18(25)21(19)26)13-22(24,2)20(14)17/h4-5,11-12,25-26H,3,6-10,13H2,1-2H3. The maximum Gasteiger partial charge on any atom is 0.165 e. The molecule has 5 heteroatoms. The van der Waals surface area contributed by atoms with Crippen molar-refractivity contribution in [1.29, 1.82) is 0 Å². The summed E-state index contributed by atoms with van der Waals surface area (Å²) in [6.45, 7) is 5.89. The summed E-state index contributed by atoms with van der Waals surface area (Å²) in [5.41, 5.74) is 4.78. The first-order chi connectivity index (χ1) is 13.0. The molecular formula is C22H26FNO3. The first kappa shape index (κ1) is 18.1. The lowest BCUT2D eigenvalue weighted by Crippen LogP contribution is -2.51. The van der Waals surface area contributed by atoms with Crippen molar-refractivity contribution in [3.8, 4) is 28.4 Å². The molecule has 1 unspecified atom stereocenters. The molecule has 0 aromatic heterocycles. The summed E-state index contributed by atoms with van der Waals surface area (Å²) in [6, 6.07) is 7.35. The van der Waals surface area contributed by atoms with Crippen molar-refractivity contribution < 1.29 is 19.3 Å². The molecule has 4 rings (SSSR count). The number of halogens is 1. The van der Waals surface area contributed by atoms with Gasteiger partial charge in [-0.25, -0.2) is 4.39 Å². The highest BCUT2D eigenvalue weighted by molar-refractivity contribution is 5.84. The van der Waals surface area contributed by atoms with Crippen LogP contribution >= 0.6 is 0 Å². The Morgan fingerprint density at radius 2 is 2.04 bits per heavy atom. The maximum absolute atomic E-state index is 12.6. The van der Waals surface area contributed by atoms with E-state index in [9.17, 15) is 14.6 Å². The monoisotopic (exact) mass is 371 g/mol. The van der Waals surface area contributed by atoms with Gasteiger partial charge in [0.25, 0.3) is 0 Å². The second-order valence-corrected chi connectivity index (χ2v) is 7.70. The van der Waals surface area contributed by atoms with Crippen LogP contribution in [0.1, 0.15) is 37.0 Å². The van der Waals surface area contributed by atoms with Crippen LogP contribution in [-0.2, 0) is 18.4 Å². The van der Waals surface area contributed by atoms with E-state index in [2.05, 4.69) is 18.7 Å². The van der Waals surface area contributed by atoms with Gasteiger partial charge >= 0.3 is 0 Å². The van der Waals surface area contributed by atoms with E-state index in [1.807, 2.05) is 18.2 Å². The lowest BCUT2D eigenvalue weighted by Gasteiger charge is -2.50. The van der Waals surface area contributed by atoms with Crippen LogP contribution in [0.2, 0.25) is 0 Å². The van der Waals surface area contributed by atoms with Gasteiger partial charge < -0.3 is 14.9 Å². The van der Waals surface area contributed by atoms with Crippen LogP contribution in [0.25, 0.3) is 11.1 Å². The number of hydrogen-bond acceptors (Lipinski definition) is 4. The van der Waals surface area contributed by atoms with Crippen molar-refractivity contribution in [2.45, 2.75) is 38.6 Å². The van der Waals surface area contributed by atoms with Crippen LogP contribution in [0.3, 0.4) is 0 Å². The van der Waals surface area contributed by atoms with Crippen LogP contribution in [0.5, 0.6) is 17.2 Å². The van der Waals surface area contributed by atoms with Gasteiger partial charge in [0, 0.05) is 17.6 Å². The lowest BCUT2D eigenvalue weighted by molar-refractivity contribution is 0.0883. The van der Waals surface area contributed by atoms with Crippen molar-refractivity contribution in [1.82, 2.24) is 4.90 Å². The highest BCUT2D eigenvalue weighted by Gasteiger charge is 2.44. The molecule has 1 atom stereocenters. The van der Waals surface area contributed by atoms with Crippen LogP contribution in [0, 0.1) is 0 Å². The van der Waals surface area contributed by atoms with E-state index in [4.69, 9.17) is 4.74 Å². The fourth-order valence-electron chi connectivity index (χ4n) is 4.87. The second kappa shape index (κ2) is 6.71. The zero-order chi connectivity index (χ0) is 19.2. The minimum absolute atomic E-state index is 0.0103. The van der Waals surface area contributed by atoms with Gasteiger partial charge in [-0.2, -0.15) is 0 Å². The zero-order valence-corrected chi connectivity index (χ0v) is 15.9. The fourth-order valence-corrected chi connectivity index (χ4v) is 4.87. The molecule has 27 heavy (non-hydrogen) atoms. The molecule has 0 fully saturated rings. The molecule has 2 N–H and O–H groups in total. The molecule has 2 aliphatic rings. The summed E-state index contributed by atoms with van der Waals surface area (Å²) in [4.78, 5) is 2.52. The Labute approximate surface area is 159 Å². The molecule has 144 valence electrons. The first-order valence-corrected chi connectivity index (χ1v) is 9.65. The van der Waals surface area contributed by atoms with Gasteiger partial charge in [-0.05, 0) is 73.2 Å². The van der Waals surface area contributed by atoms with E-state index in [-0.39, 0.29) is 23.6 Å². The van der Waals surface area contributed by atoms with Crippen LogP contribution < -0.4 is 4.74 Å². The van der Waals surface area contributed by atoms with Crippen LogP contribution in [0.4, 0.5) is 4.39 Å². The van der Waals surface area contributed by atoms with Gasteiger partial charge in [0.1, 0.15) is 19.0 Å². The molecule has 0 spiro atoms. The van der Waals surface area contributed by atoms with Gasteiger partial charge in [0.2, 0.25) is 0 Å². The SMILES string of the molecule is CCCN1CCc2cc(OCCF)cc3c2C1(C)Cc1ccc(O)c(O)c1-3. The number of nitrogens with zero attached hydrogens (tertiary/aromatic N) is 1. The normalized spacial score (nSPS) is 20.9. The van der Waals surface area contributed by atoms with Crippen molar-refractivity contribution in [2.75, 3.05) is 26.4 Å². The minimum Gasteiger partial charge on any atom is -0.504 e. The number of aromatic hydroxyl groups is 2. The van der Waals surface area contributed by atoms with E-state index in [0.29, 0.717) is 11.3 Å². The Morgan fingerprint density at radius 1 is 1.22 bits per heavy atom. The molecule has 2 aromatic rings. The molecule has 2 aromatic carbocycles. The van der Waals surface area contributed by atoms with Crippen molar-refractivity contribution in [3.63, 3.8) is 0 Å². The average molecular weight is 371 g/mol. The van der Waals surface area contributed by atoms with Crippen molar-refractivity contribution in [3.05, 3.63) is 41.0 Å². The molecular weight excluding hydrogens is 345 g/mol. The third-order valence-corrected chi connectivity index (χ3v) is 5.97. The number of benzene rings is 2. The molecule has 1 aliphatic carbocycles. The van der Waals surface area contributed by atoms with Gasteiger partial charge in [-0.15, -0.1) is 0 Å². The molecule has 0 amide bonds. The number of phenolic OH excluding ortho intramolecular Hbond substituents is 2. The topological polar surface area (TPSA) is 52.9 Å². The van der Waals surface area contributed by atoms with Gasteiger partial charge in [-0.1, -0.05) is 13.0 Å². The largest absolute Gasteiger partial charge is 0.504 e. The second-order valence-electron chi connectivity index (χ2n) is 7.70. The Kier molecular flexibility index (Phi) is 4.50. The Hall–Kier alpha value is -2.27.